The second-order valence-electron chi connectivity index (χ2n) is 7.77. The number of nitrogens with zero attached hydrogens (tertiary/aromatic N) is 2. The number of benzene rings is 1. The molecule has 0 atom stereocenters. The van der Waals surface area contributed by atoms with E-state index in [1.165, 1.54) is 32.1 Å². The lowest BCUT2D eigenvalue weighted by atomic mass is 9.86. The molecule has 1 amide bonds. The molecule has 0 radical (unpaired) electrons. The van der Waals surface area contributed by atoms with Gasteiger partial charge in [0.25, 0.3) is 0 Å². The Morgan fingerprint density at radius 3 is 2.58 bits per heavy atom. The lowest BCUT2D eigenvalue weighted by Crippen LogP contribution is -2.19. The number of rotatable bonds is 6. The van der Waals surface area contributed by atoms with Crippen LogP contribution in [0, 0.1) is 11.8 Å². The highest BCUT2D eigenvalue weighted by atomic mass is 16.1. The molecule has 0 bridgehead atoms. The maximum absolute atomic E-state index is 12.2. The highest BCUT2D eigenvalue weighted by Crippen LogP contribution is 2.29. The molecular weight excluding hydrogens is 322 g/mol. The van der Waals surface area contributed by atoms with Crippen LogP contribution < -0.4 is 5.32 Å². The van der Waals surface area contributed by atoms with Crippen molar-refractivity contribution in [2.75, 3.05) is 5.32 Å². The minimum atomic E-state index is 0.0201. The summed E-state index contributed by atoms with van der Waals surface area (Å²) in [6.45, 7) is 4.10. The van der Waals surface area contributed by atoms with Gasteiger partial charge in [0.15, 0.2) is 5.82 Å². The van der Waals surface area contributed by atoms with Crippen LogP contribution in [0.15, 0.2) is 36.5 Å². The van der Waals surface area contributed by atoms with E-state index in [2.05, 4.69) is 10.3 Å². The Hall–Kier alpha value is -2.23. The Balaban J connectivity index is 1.85. The Morgan fingerprint density at radius 2 is 1.88 bits per heavy atom. The lowest BCUT2D eigenvalue weighted by Gasteiger charge is -2.22. The number of carbonyl (C=O) groups is 1. The summed E-state index contributed by atoms with van der Waals surface area (Å²) in [5.41, 5.74) is 2.86. The van der Waals surface area contributed by atoms with Gasteiger partial charge in [-0.25, -0.2) is 9.97 Å². The molecule has 0 unspecified atom stereocenters. The largest absolute Gasteiger partial charge is 0.309 e. The summed E-state index contributed by atoms with van der Waals surface area (Å²) in [7, 11) is 0. The fourth-order valence-electron chi connectivity index (χ4n) is 3.64. The van der Waals surface area contributed by atoms with Crippen molar-refractivity contribution in [3.05, 3.63) is 42.2 Å². The molecule has 1 heterocycles. The van der Waals surface area contributed by atoms with Crippen LogP contribution in [0.5, 0.6) is 0 Å². The molecule has 26 heavy (non-hydrogen) atoms. The lowest BCUT2D eigenvalue weighted by molar-refractivity contribution is -0.116. The molecule has 0 saturated heterocycles. The first-order valence-electron chi connectivity index (χ1n) is 9.83. The summed E-state index contributed by atoms with van der Waals surface area (Å²) in [4.78, 5) is 21.7. The van der Waals surface area contributed by atoms with Gasteiger partial charge in [-0.05, 0) is 18.3 Å². The molecular formula is C22H29N3O. The maximum Gasteiger partial charge on any atom is 0.225 e. The third-order valence-electron chi connectivity index (χ3n) is 4.97. The van der Waals surface area contributed by atoms with E-state index in [-0.39, 0.29) is 5.91 Å². The normalized spacial score (nSPS) is 15.2. The van der Waals surface area contributed by atoms with Crippen LogP contribution in [0.2, 0.25) is 0 Å². The highest BCUT2D eigenvalue weighted by Gasteiger charge is 2.19. The molecule has 1 aliphatic carbocycles. The Bertz CT molecular complexity index is 721. The molecule has 1 aliphatic rings. The van der Waals surface area contributed by atoms with Crippen LogP contribution in [-0.4, -0.2) is 15.9 Å². The van der Waals surface area contributed by atoms with E-state index >= 15 is 0 Å². The van der Waals surface area contributed by atoms with Crippen LogP contribution in [-0.2, 0) is 11.2 Å². The fraction of sp³-hybridized carbons (Fsp3) is 0.500. The van der Waals surface area contributed by atoms with Gasteiger partial charge in [0, 0.05) is 12.0 Å². The molecule has 4 nitrogen and oxygen atoms in total. The van der Waals surface area contributed by atoms with Crippen molar-refractivity contribution in [1.29, 1.82) is 0 Å². The van der Waals surface area contributed by atoms with Gasteiger partial charge in [-0.1, -0.05) is 76.3 Å². The summed E-state index contributed by atoms with van der Waals surface area (Å²) in [6, 6.07) is 10.1. The van der Waals surface area contributed by atoms with Gasteiger partial charge >= 0.3 is 0 Å². The van der Waals surface area contributed by atoms with Crippen molar-refractivity contribution in [3.63, 3.8) is 0 Å². The van der Waals surface area contributed by atoms with E-state index in [4.69, 9.17) is 4.98 Å². The number of anilines is 1. The van der Waals surface area contributed by atoms with Gasteiger partial charge in [0.2, 0.25) is 5.91 Å². The first-order valence-corrected chi connectivity index (χ1v) is 9.83. The third kappa shape index (κ3) is 5.13. The molecule has 0 spiro atoms. The predicted octanol–water partition coefficient (Wildman–Crippen LogP) is 5.25. The summed E-state index contributed by atoms with van der Waals surface area (Å²) in [5, 5.41) is 3.00. The molecule has 138 valence electrons. The molecule has 0 aliphatic heterocycles. The average Bonchev–Trinajstić information content (AvgIpc) is 2.64. The van der Waals surface area contributed by atoms with E-state index in [9.17, 15) is 4.79 Å². The van der Waals surface area contributed by atoms with E-state index in [1.54, 1.807) is 6.20 Å². The average molecular weight is 351 g/mol. The Morgan fingerprint density at radius 1 is 1.15 bits per heavy atom. The summed E-state index contributed by atoms with van der Waals surface area (Å²) in [5.74, 6) is 1.63. The van der Waals surface area contributed by atoms with Crippen molar-refractivity contribution >= 4 is 11.7 Å². The zero-order valence-corrected chi connectivity index (χ0v) is 15.9. The molecule has 1 saturated carbocycles. The fourth-order valence-corrected chi connectivity index (χ4v) is 3.64. The molecule has 1 aromatic heterocycles. The highest BCUT2D eigenvalue weighted by molar-refractivity contribution is 5.90. The monoisotopic (exact) mass is 351 g/mol. The number of amides is 1. The standard InChI is InChI=1S/C22H29N3O/c1-16(2)13-21(26)25-22-19(14-17-9-5-3-6-10-17)24-20(15-23-22)18-11-7-4-8-12-18/h4,7-8,11-12,15-17H,3,5-6,9-10,13-14H2,1-2H3,(H,23,25,26). The summed E-state index contributed by atoms with van der Waals surface area (Å²) >= 11 is 0. The summed E-state index contributed by atoms with van der Waals surface area (Å²) in [6.07, 6.45) is 9.59. The molecule has 4 heteroatoms. The van der Waals surface area contributed by atoms with Gasteiger partial charge in [-0.2, -0.15) is 0 Å². The molecule has 1 aromatic carbocycles. The van der Waals surface area contributed by atoms with Crippen LogP contribution >= 0.6 is 0 Å². The van der Waals surface area contributed by atoms with E-state index in [0.29, 0.717) is 24.1 Å². The molecule has 3 rings (SSSR count). The predicted molar refractivity (Wildman–Crippen MR) is 106 cm³/mol. The van der Waals surface area contributed by atoms with Crippen LogP contribution in [0.1, 0.15) is 58.1 Å². The van der Waals surface area contributed by atoms with Gasteiger partial charge in [0.05, 0.1) is 17.6 Å². The van der Waals surface area contributed by atoms with Crippen molar-refractivity contribution in [2.45, 2.75) is 58.8 Å². The topological polar surface area (TPSA) is 54.9 Å². The van der Waals surface area contributed by atoms with Gasteiger partial charge in [0.1, 0.15) is 0 Å². The minimum absolute atomic E-state index is 0.0201. The zero-order chi connectivity index (χ0) is 18.4. The van der Waals surface area contributed by atoms with Gasteiger partial charge in [-0.15, -0.1) is 0 Å². The maximum atomic E-state index is 12.2. The molecule has 2 aromatic rings. The van der Waals surface area contributed by atoms with Crippen LogP contribution in [0.3, 0.4) is 0 Å². The first kappa shape index (κ1) is 18.6. The van der Waals surface area contributed by atoms with Crippen LogP contribution in [0.4, 0.5) is 5.82 Å². The zero-order valence-electron chi connectivity index (χ0n) is 15.9. The van der Waals surface area contributed by atoms with Gasteiger partial charge < -0.3 is 5.32 Å². The first-order chi connectivity index (χ1) is 12.6. The van der Waals surface area contributed by atoms with Crippen LogP contribution in [0.25, 0.3) is 11.3 Å². The second kappa shape index (κ2) is 8.93. The van der Waals surface area contributed by atoms with E-state index in [1.807, 2.05) is 44.2 Å². The smallest absolute Gasteiger partial charge is 0.225 e. The van der Waals surface area contributed by atoms with E-state index in [0.717, 1.165) is 23.4 Å². The Kier molecular flexibility index (Phi) is 6.37. The molecule has 1 fully saturated rings. The quantitative estimate of drug-likeness (QED) is 0.773. The number of hydrogen-bond donors (Lipinski definition) is 1. The van der Waals surface area contributed by atoms with Crippen molar-refractivity contribution in [2.24, 2.45) is 11.8 Å². The number of carbonyl (C=O) groups excluding carboxylic acids is 1. The van der Waals surface area contributed by atoms with Gasteiger partial charge in [-0.3, -0.25) is 4.79 Å². The minimum Gasteiger partial charge on any atom is -0.309 e. The SMILES string of the molecule is CC(C)CC(=O)Nc1ncc(-c2ccccc2)nc1CC1CCCCC1. The third-order valence-corrected chi connectivity index (χ3v) is 4.97. The number of hydrogen-bond acceptors (Lipinski definition) is 3. The Labute approximate surface area is 156 Å². The van der Waals surface area contributed by atoms with Crippen molar-refractivity contribution in [1.82, 2.24) is 9.97 Å². The van der Waals surface area contributed by atoms with Crippen molar-refractivity contribution in [3.8, 4) is 11.3 Å². The number of nitrogens with one attached hydrogen (secondary N) is 1. The number of aromatic nitrogens is 2. The second-order valence-corrected chi connectivity index (χ2v) is 7.77. The molecule has 1 N–H and O–H groups in total. The van der Waals surface area contributed by atoms with E-state index < -0.39 is 0 Å². The van der Waals surface area contributed by atoms with Crippen molar-refractivity contribution < 1.29 is 4.79 Å². The summed E-state index contributed by atoms with van der Waals surface area (Å²) < 4.78 is 0.